The summed E-state index contributed by atoms with van der Waals surface area (Å²) in [4.78, 5) is 28.9. The number of morpholine rings is 1. The predicted molar refractivity (Wildman–Crippen MR) is 101 cm³/mol. The number of ether oxygens (including phenoxy) is 1. The zero-order valence-electron chi connectivity index (χ0n) is 15.8. The summed E-state index contributed by atoms with van der Waals surface area (Å²) in [5.74, 6) is -0.234. The molecule has 142 valence electrons. The van der Waals surface area contributed by atoms with Gasteiger partial charge in [-0.1, -0.05) is 6.07 Å². The standard InChI is InChI=1S/C20H29N3O3/c1-15-10-16(2)12-18(11-15)23-14-17(13-19(23)24)20(25)21-4-3-5-22-6-8-26-9-7-22/h10-12,17H,3-9,13-14H2,1-2H3,(H,21,25)/t17-/m0/s1. The number of hydrogen-bond donors (Lipinski definition) is 1. The van der Waals surface area contributed by atoms with Crippen LogP contribution >= 0.6 is 0 Å². The zero-order valence-corrected chi connectivity index (χ0v) is 15.8. The number of aryl methyl sites for hydroxylation is 2. The highest BCUT2D eigenvalue weighted by atomic mass is 16.5. The number of carbonyl (C=O) groups excluding carboxylic acids is 2. The molecule has 2 saturated heterocycles. The van der Waals surface area contributed by atoms with E-state index in [-0.39, 0.29) is 17.7 Å². The third kappa shape index (κ3) is 4.83. The molecule has 6 nitrogen and oxygen atoms in total. The number of carbonyl (C=O) groups is 2. The number of rotatable bonds is 6. The highest BCUT2D eigenvalue weighted by molar-refractivity contribution is 6.00. The van der Waals surface area contributed by atoms with Crippen molar-refractivity contribution < 1.29 is 14.3 Å². The number of nitrogens with zero attached hydrogens (tertiary/aromatic N) is 2. The molecule has 2 aliphatic heterocycles. The first kappa shape index (κ1) is 18.9. The number of benzene rings is 1. The van der Waals surface area contributed by atoms with Gasteiger partial charge in [-0.3, -0.25) is 14.5 Å². The third-order valence-electron chi connectivity index (χ3n) is 5.07. The largest absolute Gasteiger partial charge is 0.379 e. The molecule has 1 aromatic carbocycles. The Morgan fingerprint density at radius 1 is 1.19 bits per heavy atom. The molecule has 1 atom stereocenters. The van der Waals surface area contributed by atoms with Crippen molar-refractivity contribution in [3.8, 4) is 0 Å². The maximum absolute atomic E-state index is 12.4. The van der Waals surface area contributed by atoms with E-state index in [9.17, 15) is 9.59 Å². The average molecular weight is 359 g/mol. The van der Waals surface area contributed by atoms with Gasteiger partial charge in [-0.15, -0.1) is 0 Å². The monoisotopic (exact) mass is 359 g/mol. The van der Waals surface area contributed by atoms with Gasteiger partial charge in [0, 0.05) is 38.3 Å². The molecule has 2 amide bonds. The van der Waals surface area contributed by atoms with E-state index in [0.29, 0.717) is 19.5 Å². The van der Waals surface area contributed by atoms with E-state index < -0.39 is 0 Å². The normalized spacial score (nSPS) is 21.2. The maximum Gasteiger partial charge on any atom is 0.227 e. The molecule has 0 aromatic heterocycles. The van der Waals surface area contributed by atoms with Crippen LogP contribution in [0.15, 0.2) is 18.2 Å². The van der Waals surface area contributed by atoms with Crippen LogP contribution in [0.1, 0.15) is 24.0 Å². The first-order valence-corrected chi connectivity index (χ1v) is 9.49. The van der Waals surface area contributed by atoms with Crippen molar-refractivity contribution >= 4 is 17.5 Å². The molecule has 2 fully saturated rings. The molecule has 0 spiro atoms. The van der Waals surface area contributed by atoms with E-state index in [2.05, 4.69) is 16.3 Å². The fraction of sp³-hybridized carbons (Fsp3) is 0.600. The molecular weight excluding hydrogens is 330 g/mol. The van der Waals surface area contributed by atoms with Crippen molar-refractivity contribution in [3.63, 3.8) is 0 Å². The minimum Gasteiger partial charge on any atom is -0.379 e. The topological polar surface area (TPSA) is 61.9 Å². The molecule has 2 aliphatic rings. The smallest absolute Gasteiger partial charge is 0.227 e. The van der Waals surface area contributed by atoms with E-state index in [1.807, 2.05) is 26.0 Å². The number of anilines is 1. The van der Waals surface area contributed by atoms with Crippen molar-refractivity contribution in [2.75, 3.05) is 50.8 Å². The van der Waals surface area contributed by atoms with Gasteiger partial charge in [-0.25, -0.2) is 0 Å². The molecule has 1 N–H and O–H groups in total. The molecule has 0 radical (unpaired) electrons. The summed E-state index contributed by atoms with van der Waals surface area (Å²) in [6.07, 6.45) is 1.22. The van der Waals surface area contributed by atoms with Crippen LogP contribution in [0.2, 0.25) is 0 Å². The van der Waals surface area contributed by atoms with Crippen molar-refractivity contribution in [1.29, 1.82) is 0 Å². The number of nitrogens with one attached hydrogen (secondary N) is 1. The van der Waals surface area contributed by atoms with Crippen LogP contribution in [-0.2, 0) is 14.3 Å². The van der Waals surface area contributed by atoms with E-state index in [4.69, 9.17) is 4.74 Å². The molecular formula is C20H29N3O3. The molecule has 2 heterocycles. The Kier molecular flexibility index (Phi) is 6.27. The second-order valence-corrected chi connectivity index (χ2v) is 7.35. The Balaban J connectivity index is 1.46. The first-order chi connectivity index (χ1) is 12.5. The van der Waals surface area contributed by atoms with E-state index in [1.54, 1.807) is 4.90 Å². The van der Waals surface area contributed by atoms with Crippen LogP contribution in [0.5, 0.6) is 0 Å². The van der Waals surface area contributed by atoms with E-state index in [1.165, 1.54) is 0 Å². The first-order valence-electron chi connectivity index (χ1n) is 9.49. The van der Waals surface area contributed by atoms with Gasteiger partial charge in [-0.05, 0) is 50.1 Å². The van der Waals surface area contributed by atoms with Crippen LogP contribution in [-0.4, -0.2) is 62.7 Å². The van der Waals surface area contributed by atoms with Gasteiger partial charge in [0.1, 0.15) is 0 Å². The highest BCUT2D eigenvalue weighted by Gasteiger charge is 2.35. The van der Waals surface area contributed by atoms with E-state index in [0.717, 1.165) is 56.1 Å². The second kappa shape index (κ2) is 8.64. The van der Waals surface area contributed by atoms with Gasteiger partial charge in [0.05, 0.1) is 19.1 Å². The summed E-state index contributed by atoms with van der Waals surface area (Å²) in [6, 6.07) is 6.10. The SMILES string of the molecule is Cc1cc(C)cc(N2C[C@@H](C(=O)NCCCN3CCOCC3)CC2=O)c1. The van der Waals surface area contributed by atoms with Gasteiger partial charge in [0.2, 0.25) is 11.8 Å². The second-order valence-electron chi connectivity index (χ2n) is 7.35. The summed E-state index contributed by atoms with van der Waals surface area (Å²) in [6.45, 7) is 9.68. The summed E-state index contributed by atoms with van der Waals surface area (Å²) in [5.41, 5.74) is 3.16. The molecule has 6 heteroatoms. The summed E-state index contributed by atoms with van der Waals surface area (Å²) >= 11 is 0. The van der Waals surface area contributed by atoms with Crippen LogP contribution in [0, 0.1) is 19.8 Å². The van der Waals surface area contributed by atoms with Gasteiger partial charge in [0.15, 0.2) is 0 Å². The maximum atomic E-state index is 12.4. The van der Waals surface area contributed by atoms with E-state index >= 15 is 0 Å². The summed E-state index contributed by atoms with van der Waals surface area (Å²) < 4.78 is 5.34. The Labute approximate surface area is 155 Å². The fourth-order valence-electron chi connectivity index (χ4n) is 3.72. The fourth-order valence-corrected chi connectivity index (χ4v) is 3.72. The molecule has 3 rings (SSSR count). The van der Waals surface area contributed by atoms with Crippen molar-refractivity contribution in [2.45, 2.75) is 26.7 Å². The highest BCUT2D eigenvalue weighted by Crippen LogP contribution is 2.27. The lowest BCUT2D eigenvalue weighted by molar-refractivity contribution is -0.126. The third-order valence-corrected chi connectivity index (χ3v) is 5.07. The number of amides is 2. The van der Waals surface area contributed by atoms with Gasteiger partial charge < -0.3 is 15.0 Å². The Morgan fingerprint density at radius 2 is 1.88 bits per heavy atom. The predicted octanol–water partition coefficient (Wildman–Crippen LogP) is 1.49. The van der Waals surface area contributed by atoms with Crippen molar-refractivity contribution in [1.82, 2.24) is 10.2 Å². The Hall–Kier alpha value is -1.92. The van der Waals surface area contributed by atoms with Crippen LogP contribution < -0.4 is 10.2 Å². The van der Waals surface area contributed by atoms with Crippen LogP contribution in [0.3, 0.4) is 0 Å². The van der Waals surface area contributed by atoms with Gasteiger partial charge in [-0.2, -0.15) is 0 Å². The molecule has 0 bridgehead atoms. The lowest BCUT2D eigenvalue weighted by Crippen LogP contribution is -2.39. The summed E-state index contributed by atoms with van der Waals surface area (Å²) in [5, 5.41) is 3.00. The van der Waals surface area contributed by atoms with Crippen LogP contribution in [0.25, 0.3) is 0 Å². The van der Waals surface area contributed by atoms with Gasteiger partial charge >= 0.3 is 0 Å². The van der Waals surface area contributed by atoms with Crippen LogP contribution in [0.4, 0.5) is 5.69 Å². The quantitative estimate of drug-likeness (QED) is 0.782. The van der Waals surface area contributed by atoms with Crippen molar-refractivity contribution in [3.05, 3.63) is 29.3 Å². The average Bonchev–Trinajstić information content (AvgIpc) is 3.00. The number of hydrogen-bond acceptors (Lipinski definition) is 4. The molecule has 0 unspecified atom stereocenters. The lowest BCUT2D eigenvalue weighted by Gasteiger charge is -2.26. The minimum atomic E-state index is -0.258. The lowest BCUT2D eigenvalue weighted by atomic mass is 10.1. The molecule has 26 heavy (non-hydrogen) atoms. The minimum absolute atomic E-state index is 0.00722. The summed E-state index contributed by atoms with van der Waals surface area (Å²) in [7, 11) is 0. The molecule has 1 aromatic rings. The zero-order chi connectivity index (χ0) is 18.5. The molecule has 0 saturated carbocycles. The van der Waals surface area contributed by atoms with Gasteiger partial charge in [0.25, 0.3) is 0 Å². The Morgan fingerprint density at radius 3 is 2.58 bits per heavy atom. The Bertz CT molecular complexity index is 635. The van der Waals surface area contributed by atoms with Crippen molar-refractivity contribution in [2.24, 2.45) is 5.92 Å². The molecule has 0 aliphatic carbocycles.